The van der Waals surface area contributed by atoms with Gasteiger partial charge in [-0.2, -0.15) is 0 Å². The van der Waals surface area contributed by atoms with Gasteiger partial charge in [0.05, 0.1) is 24.3 Å². The van der Waals surface area contributed by atoms with Crippen molar-refractivity contribution in [1.82, 2.24) is 15.0 Å². The number of ether oxygens (including phenoxy) is 4. The summed E-state index contributed by atoms with van der Waals surface area (Å²) in [7, 11) is 0. The number of aryl methyl sites for hydroxylation is 3. The van der Waals surface area contributed by atoms with Crippen molar-refractivity contribution in [2.75, 3.05) is 26.4 Å². The molecule has 4 rings (SSSR count). The zero-order valence-electron chi connectivity index (χ0n) is 29.5. The largest absolute Gasteiger partial charge is 0.507 e. The topological polar surface area (TPSA) is 157 Å². The lowest BCUT2D eigenvalue weighted by atomic mass is 9.99. The Hall–Kier alpha value is -4.29. The van der Waals surface area contributed by atoms with E-state index in [1.807, 2.05) is 46.8 Å². The highest BCUT2D eigenvalue weighted by atomic mass is 16.7. The van der Waals surface area contributed by atoms with Crippen molar-refractivity contribution < 1.29 is 39.4 Å². The molecule has 0 radical (unpaired) electrons. The smallest absolute Gasteiger partial charge is 0.197 e. The minimum Gasteiger partial charge on any atom is -0.507 e. The maximum atomic E-state index is 11.1. The van der Waals surface area contributed by atoms with Crippen molar-refractivity contribution in [3.05, 3.63) is 65.2 Å². The monoisotopic (exact) mass is 675 g/mol. The summed E-state index contributed by atoms with van der Waals surface area (Å²) in [6.45, 7) is 13.6. The molecule has 49 heavy (non-hydrogen) atoms. The van der Waals surface area contributed by atoms with Crippen LogP contribution in [-0.2, 0) is 9.47 Å². The normalized spacial score (nSPS) is 13.9. The van der Waals surface area contributed by atoms with E-state index in [4.69, 9.17) is 28.9 Å². The van der Waals surface area contributed by atoms with Gasteiger partial charge in [-0.3, -0.25) is 0 Å². The molecule has 4 aromatic rings. The first-order chi connectivity index (χ1) is 23.2. The van der Waals surface area contributed by atoms with Gasteiger partial charge in [0.2, 0.25) is 0 Å². The Bertz CT molecular complexity index is 1610. The van der Waals surface area contributed by atoms with E-state index >= 15 is 0 Å². The maximum Gasteiger partial charge on any atom is 0.197 e. The van der Waals surface area contributed by atoms with E-state index in [-0.39, 0.29) is 36.4 Å². The van der Waals surface area contributed by atoms with Crippen LogP contribution in [0.25, 0.3) is 34.2 Å². The summed E-state index contributed by atoms with van der Waals surface area (Å²) < 4.78 is 22.5. The first-order valence-corrected chi connectivity index (χ1v) is 16.7. The number of benzene rings is 3. The van der Waals surface area contributed by atoms with Gasteiger partial charge in [0.15, 0.2) is 29.0 Å². The van der Waals surface area contributed by atoms with Gasteiger partial charge in [-0.15, -0.1) is 0 Å². The lowest BCUT2D eigenvalue weighted by Crippen LogP contribution is -2.35. The fraction of sp³-hybridized carbons (Fsp3) is 0.447. The number of aliphatic hydroxyl groups is 2. The first-order valence-electron chi connectivity index (χ1n) is 16.7. The van der Waals surface area contributed by atoms with Crippen LogP contribution in [0.3, 0.4) is 0 Å². The van der Waals surface area contributed by atoms with Gasteiger partial charge in [0, 0.05) is 17.7 Å². The number of nitrogens with zero attached hydrogens (tertiary/aromatic N) is 3. The highest BCUT2D eigenvalue weighted by Crippen LogP contribution is 2.37. The number of phenols is 2. The fourth-order valence-electron chi connectivity index (χ4n) is 5.23. The van der Waals surface area contributed by atoms with Crippen LogP contribution in [0.15, 0.2) is 48.5 Å². The summed E-state index contributed by atoms with van der Waals surface area (Å²) in [5.74, 6) is -1.91. The molecule has 1 aromatic heterocycles. The lowest BCUT2D eigenvalue weighted by Gasteiger charge is -2.24. The predicted molar refractivity (Wildman–Crippen MR) is 188 cm³/mol. The lowest BCUT2D eigenvalue weighted by molar-refractivity contribution is -0.207. The summed E-state index contributed by atoms with van der Waals surface area (Å²) in [5, 5.41) is 43.3. The van der Waals surface area contributed by atoms with Gasteiger partial charge in [0.1, 0.15) is 36.2 Å². The summed E-state index contributed by atoms with van der Waals surface area (Å²) >= 11 is 0. The van der Waals surface area contributed by atoms with Gasteiger partial charge in [0.25, 0.3) is 0 Å². The highest BCUT2D eigenvalue weighted by molar-refractivity contribution is 5.74. The quantitative estimate of drug-likeness (QED) is 0.0674. The van der Waals surface area contributed by atoms with Crippen LogP contribution >= 0.6 is 0 Å². The molecule has 0 aliphatic heterocycles. The Labute approximate surface area is 288 Å². The van der Waals surface area contributed by atoms with Crippen LogP contribution in [0.5, 0.6) is 23.0 Å². The molecule has 264 valence electrons. The molecule has 0 spiro atoms. The van der Waals surface area contributed by atoms with E-state index in [1.165, 1.54) is 26.0 Å². The van der Waals surface area contributed by atoms with Crippen molar-refractivity contribution in [2.45, 2.75) is 85.7 Å². The number of hydrogen-bond acceptors (Lipinski definition) is 11. The van der Waals surface area contributed by atoms with Crippen molar-refractivity contribution in [3.63, 3.8) is 0 Å². The first kappa shape index (κ1) is 37.5. The molecule has 11 heteroatoms. The summed E-state index contributed by atoms with van der Waals surface area (Å²) in [5.41, 5.74) is 4.46. The van der Waals surface area contributed by atoms with Crippen molar-refractivity contribution in [1.29, 1.82) is 0 Å². The molecule has 3 aromatic carbocycles. The Morgan fingerprint density at radius 2 is 1.02 bits per heavy atom. The number of aromatic nitrogens is 3. The van der Waals surface area contributed by atoms with Gasteiger partial charge in [-0.05, 0) is 82.9 Å². The molecule has 0 saturated heterocycles. The number of aromatic hydroxyl groups is 2. The van der Waals surface area contributed by atoms with E-state index in [9.17, 15) is 20.4 Å². The summed E-state index contributed by atoms with van der Waals surface area (Å²) in [6, 6.07) is 13.5. The fourth-order valence-corrected chi connectivity index (χ4v) is 5.23. The zero-order chi connectivity index (χ0) is 35.8. The summed E-state index contributed by atoms with van der Waals surface area (Å²) in [6.07, 6.45) is 3.51. The Kier molecular flexibility index (Phi) is 12.6. The second kappa shape index (κ2) is 16.4. The highest BCUT2D eigenvalue weighted by Gasteiger charge is 2.24. The van der Waals surface area contributed by atoms with Crippen LogP contribution in [0.1, 0.15) is 70.1 Å². The SMILES string of the molecule is CCCCOC(C)(O)COc1ccc(-c2nc(-c3ccc(OCC(C)(O)OCCCC)cc3O)nc(-c3c(C)cc(C)cc3C)n2)c(O)c1. The van der Waals surface area contributed by atoms with Gasteiger partial charge < -0.3 is 39.4 Å². The van der Waals surface area contributed by atoms with Crippen LogP contribution in [0, 0.1) is 20.8 Å². The third-order valence-electron chi connectivity index (χ3n) is 7.79. The Morgan fingerprint density at radius 1 is 0.612 bits per heavy atom. The average Bonchev–Trinajstić information content (AvgIpc) is 3.02. The summed E-state index contributed by atoms with van der Waals surface area (Å²) in [4.78, 5) is 14.2. The molecule has 2 atom stereocenters. The zero-order valence-corrected chi connectivity index (χ0v) is 29.5. The van der Waals surface area contributed by atoms with Crippen LogP contribution in [-0.4, -0.2) is 73.4 Å². The van der Waals surface area contributed by atoms with Crippen molar-refractivity contribution in [3.8, 4) is 57.2 Å². The molecule has 11 nitrogen and oxygen atoms in total. The van der Waals surface area contributed by atoms with Gasteiger partial charge in [-0.1, -0.05) is 44.4 Å². The van der Waals surface area contributed by atoms with Crippen molar-refractivity contribution >= 4 is 0 Å². The molecular weight excluding hydrogens is 626 g/mol. The molecule has 0 bridgehead atoms. The molecule has 4 N–H and O–H groups in total. The van der Waals surface area contributed by atoms with Gasteiger partial charge in [-0.25, -0.2) is 15.0 Å². The number of unbranched alkanes of at least 4 members (excludes halogenated alkanes) is 2. The predicted octanol–water partition coefficient (Wildman–Crippen LogP) is 7.02. The molecular formula is C38H49N3O8. The minimum absolute atomic E-state index is 0.135. The maximum absolute atomic E-state index is 11.1. The average molecular weight is 676 g/mol. The van der Waals surface area contributed by atoms with E-state index in [1.54, 1.807) is 24.3 Å². The molecule has 0 aliphatic carbocycles. The Balaban J connectivity index is 1.68. The third-order valence-corrected chi connectivity index (χ3v) is 7.79. The molecule has 0 saturated carbocycles. The molecule has 0 fully saturated rings. The number of rotatable bonds is 17. The third kappa shape index (κ3) is 10.4. The van der Waals surface area contributed by atoms with E-state index in [0.717, 1.165) is 47.9 Å². The van der Waals surface area contributed by atoms with E-state index < -0.39 is 11.6 Å². The van der Waals surface area contributed by atoms with Crippen LogP contribution < -0.4 is 9.47 Å². The van der Waals surface area contributed by atoms with Crippen molar-refractivity contribution in [2.24, 2.45) is 0 Å². The molecule has 0 aliphatic rings. The van der Waals surface area contributed by atoms with Gasteiger partial charge >= 0.3 is 0 Å². The minimum atomic E-state index is -1.49. The number of phenolic OH excluding ortho intramolecular Hbond substituents is 2. The number of hydrogen-bond donors (Lipinski definition) is 4. The van der Waals surface area contributed by atoms with Crippen LogP contribution in [0.2, 0.25) is 0 Å². The standard InChI is InChI=1S/C38H49N3O8/c1-8-10-16-48-37(6,44)22-46-27-12-14-29(31(42)20-27)34-39-35(41-36(40-34)33-25(4)18-24(3)19-26(33)5)30-15-13-28(21-32(30)43)47-23-38(7,45)49-17-11-9-2/h12-15,18-21,42-45H,8-11,16-17,22-23H2,1-7H3. The second-order valence-corrected chi connectivity index (χ2v) is 12.8. The molecule has 1 heterocycles. The van der Waals surface area contributed by atoms with E-state index in [2.05, 4.69) is 4.98 Å². The van der Waals surface area contributed by atoms with E-state index in [0.29, 0.717) is 41.7 Å². The van der Waals surface area contributed by atoms with Crippen LogP contribution in [0.4, 0.5) is 0 Å². The molecule has 0 amide bonds. The second-order valence-electron chi connectivity index (χ2n) is 12.8. The molecule has 2 unspecified atom stereocenters. The Morgan fingerprint density at radius 3 is 1.41 bits per heavy atom.